The van der Waals surface area contributed by atoms with E-state index < -0.39 is 0 Å². The van der Waals surface area contributed by atoms with Gasteiger partial charge in [-0.05, 0) is 34.0 Å². The minimum Gasteiger partial charge on any atom is -0.394 e. The molecule has 88 valence electrons. The first kappa shape index (κ1) is 13.2. The lowest BCUT2D eigenvalue weighted by Gasteiger charge is -2.20. The number of aliphatic hydroxyl groups is 1. The smallest absolute Gasteiger partial charge is 0.252 e. The molecule has 0 spiro atoms. The van der Waals surface area contributed by atoms with Crippen LogP contribution in [0.15, 0.2) is 28.7 Å². The summed E-state index contributed by atoms with van der Waals surface area (Å²) in [5.74, 6) is 0.0386. The second-order valence-electron chi connectivity index (χ2n) is 3.99. The maximum atomic E-state index is 11.9. The summed E-state index contributed by atoms with van der Waals surface area (Å²) >= 11 is 3.32. The SMILES string of the molecule is CC(C)C(CO)NC(=O)c1ccccc1Br. The van der Waals surface area contributed by atoms with E-state index in [2.05, 4.69) is 21.2 Å². The van der Waals surface area contributed by atoms with Gasteiger partial charge in [0.2, 0.25) is 0 Å². The Morgan fingerprint density at radius 1 is 1.44 bits per heavy atom. The number of rotatable bonds is 4. The molecule has 0 saturated heterocycles. The van der Waals surface area contributed by atoms with Gasteiger partial charge in [0.15, 0.2) is 0 Å². The summed E-state index contributed by atoms with van der Waals surface area (Å²) in [4.78, 5) is 11.9. The first-order valence-corrected chi connectivity index (χ1v) is 6.01. The summed E-state index contributed by atoms with van der Waals surface area (Å²) in [6.45, 7) is 3.87. The third-order valence-corrected chi connectivity index (χ3v) is 3.13. The van der Waals surface area contributed by atoms with Crippen LogP contribution < -0.4 is 5.32 Å². The minimum atomic E-state index is -0.209. The first-order chi connectivity index (χ1) is 7.56. The molecule has 0 aromatic heterocycles. The number of nitrogens with one attached hydrogen (secondary N) is 1. The van der Waals surface area contributed by atoms with Crippen LogP contribution in [0.1, 0.15) is 24.2 Å². The fourth-order valence-corrected chi connectivity index (χ4v) is 1.78. The molecule has 1 unspecified atom stereocenters. The van der Waals surface area contributed by atoms with Crippen LogP contribution in [0.3, 0.4) is 0 Å². The molecule has 1 aromatic carbocycles. The van der Waals surface area contributed by atoms with E-state index in [4.69, 9.17) is 5.11 Å². The van der Waals surface area contributed by atoms with Crippen LogP contribution in [0.2, 0.25) is 0 Å². The molecule has 0 radical (unpaired) electrons. The summed E-state index contributed by atoms with van der Waals surface area (Å²) in [6, 6.07) is 7.02. The fraction of sp³-hybridized carbons (Fsp3) is 0.417. The lowest BCUT2D eigenvalue weighted by Crippen LogP contribution is -2.41. The monoisotopic (exact) mass is 285 g/mol. The Balaban J connectivity index is 2.76. The van der Waals surface area contributed by atoms with E-state index in [0.717, 1.165) is 4.47 Å². The average molecular weight is 286 g/mol. The van der Waals surface area contributed by atoms with Gasteiger partial charge in [0.05, 0.1) is 18.2 Å². The van der Waals surface area contributed by atoms with Crippen LogP contribution in [-0.4, -0.2) is 23.7 Å². The van der Waals surface area contributed by atoms with Crippen molar-refractivity contribution in [3.63, 3.8) is 0 Å². The first-order valence-electron chi connectivity index (χ1n) is 5.22. The zero-order chi connectivity index (χ0) is 12.1. The largest absolute Gasteiger partial charge is 0.394 e. The molecule has 3 nitrogen and oxygen atoms in total. The van der Waals surface area contributed by atoms with Crippen molar-refractivity contribution in [2.24, 2.45) is 5.92 Å². The lowest BCUT2D eigenvalue weighted by molar-refractivity contribution is 0.0896. The van der Waals surface area contributed by atoms with Crippen LogP contribution in [0.4, 0.5) is 0 Å². The molecule has 2 N–H and O–H groups in total. The van der Waals surface area contributed by atoms with Gasteiger partial charge in [0.25, 0.3) is 5.91 Å². The minimum absolute atomic E-state index is 0.0478. The van der Waals surface area contributed by atoms with Gasteiger partial charge >= 0.3 is 0 Å². The molecule has 0 aliphatic heterocycles. The van der Waals surface area contributed by atoms with Crippen molar-refractivity contribution in [2.75, 3.05) is 6.61 Å². The molecule has 0 aliphatic carbocycles. The molecule has 0 aliphatic rings. The Morgan fingerprint density at radius 2 is 2.06 bits per heavy atom. The summed E-state index contributed by atoms with van der Waals surface area (Å²) in [5, 5.41) is 11.9. The normalized spacial score (nSPS) is 12.6. The molecule has 1 atom stereocenters. The van der Waals surface area contributed by atoms with Gasteiger partial charge in [-0.25, -0.2) is 0 Å². The fourth-order valence-electron chi connectivity index (χ4n) is 1.31. The van der Waals surface area contributed by atoms with Gasteiger partial charge in [0.1, 0.15) is 0 Å². The van der Waals surface area contributed by atoms with E-state index in [0.29, 0.717) is 5.56 Å². The summed E-state index contributed by atoms with van der Waals surface area (Å²) < 4.78 is 0.757. The van der Waals surface area contributed by atoms with Gasteiger partial charge < -0.3 is 10.4 Å². The molecule has 0 heterocycles. The number of hydrogen-bond acceptors (Lipinski definition) is 2. The highest BCUT2D eigenvalue weighted by atomic mass is 79.9. The number of amides is 1. The number of carbonyl (C=O) groups is 1. The van der Waals surface area contributed by atoms with Gasteiger partial charge in [-0.3, -0.25) is 4.79 Å². The van der Waals surface area contributed by atoms with E-state index in [9.17, 15) is 4.79 Å². The van der Waals surface area contributed by atoms with Crippen molar-refractivity contribution in [3.05, 3.63) is 34.3 Å². The van der Waals surface area contributed by atoms with Gasteiger partial charge in [-0.2, -0.15) is 0 Å². The molecule has 1 aromatic rings. The zero-order valence-corrected chi connectivity index (χ0v) is 11.0. The third-order valence-electron chi connectivity index (χ3n) is 2.44. The van der Waals surface area contributed by atoms with Gasteiger partial charge in [-0.1, -0.05) is 26.0 Å². The predicted molar refractivity (Wildman–Crippen MR) is 67.3 cm³/mol. The maximum Gasteiger partial charge on any atom is 0.252 e. The van der Waals surface area contributed by atoms with Crippen LogP contribution in [0, 0.1) is 5.92 Å². The van der Waals surface area contributed by atoms with Crippen molar-refractivity contribution >= 4 is 21.8 Å². The second-order valence-corrected chi connectivity index (χ2v) is 4.84. The predicted octanol–water partition coefficient (Wildman–Crippen LogP) is 2.20. The molecular weight excluding hydrogens is 270 g/mol. The van der Waals surface area contributed by atoms with Gasteiger partial charge in [0, 0.05) is 4.47 Å². The summed E-state index contributed by atoms with van der Waals surface area (Å²) in [6.07, 6.45) is 0. The highest BCUT2D eigenvalue weighted by Gasteiger charge is 2.17. The van der Waals surface area contributed by atoms with E-state index >= 15 is 0 Å². The molecule has 0 fully saturated rings. The Hall–Kier alpha value is -0.870. The standard InChI is InChI=1S/C12H16BrNO2/c1-8(2)11(7-15)14-12(16)9-5-3-4-6-10(9)13/h3-6,8,11,15H,7H2,1-2H3,(H,14,16). The van der Waals surface area contributed by atoms with Crippen molar-refractivity contribution in [1.82, 2.24) is 5.32 Å². The summed E-state index contributed by atoms with van der Waals surface area (Å²) in [7, 11) is 0. The van der Waals surface area contributed by atoms with Crippen LogP contribution in [0.25, 0.3) is 0 Å². The van der Waals surface area contributed by atoms with Crippen LogP contribution in [0.5, 0.6) is 0 Å². The Labute approximate surface area is 104 Å². The van der Waals surface area contributed by atoms with E-state index in [1.165, 1.54) is 0 Å². The molecule has 16 heavy (non-hydrogen) atoms. The quantitative estimate of drug-likeness (QED) is 0.891. The van der Waals surface area contributed by atoms with Crippen molar-refractivity contribution in [3.8, 4) is 0 Å². The number of benzene rings is 1. The third kappa shape index (κ3) is 3.32. The molecule has 1 rings (SSSR count). The number of carbonyl (C=O) groups excluding carboxylic acids is 1. The van der Waals surface area contributed by atoms with E-state index in [1.54, 1.807) is 6.07 Å². The Kier molecular flexibility index (Phi) is 4.96. The lowest BCUT2D eigenvalue weighted by atomic mass is 10.0. The van der Waals surface area contributed by atoms with E-state index in [1.807, 2.05) is 32.0 Å². The van der Waals surface area contributed by atoms with Crippen molar-refractivity contribution < 1.29 is 9.90 Å². The van der Waals surface area contributed by atoms with Gasteiger partial charge in [-0.15, -0.1) is 0 Å². The Morgan fingerprint density at radius 3 is 2.56 bits per heavy atom. The molecule has 4 heteroatoms. The second kappa shape index (κ2) is 6.01. The molecule has 0 saturated carbocycles. The zero-order valence-electron chi connectivity index (χ0n) is 9.40. The highest BCUT2D eigenvalue weighted by Crippen LogP contribution is 2.16. The van der Waals surface area contributed by atoms with Crippen molar-refractivity contribution in [1.29, 1.82) is 0 Å². The highest BCUT2D eigenvalue weighted by molar-refractivity contribution is 9.10. The number of hydrogen-bond donors (Lipinski definition) is 2. The van der Waals surface area contributed by atoms with Crippen LogP contribution in [-0.2, 0) is 0 Å². The summed E-state index contributed by atoms with van der Waals surface area (Å²) in [5.41, 5.74) is 0.585. The van der Waals surface area contributed by atoms with E-state index in [-0.39, 0.29) is 24.5 Å². The molecule has 1 amide bonds. The maximum absolute atomic E-state index is 11.9. The van der Waals surface area contributed by atoms with Crippen molar-refractivity contribution in [2.45, 2.75) is 19.9 Å². The number of aliphatic hydroxyl groups excluding tert-OH is 1. The average Bonchev–Trinajstić information content (AvgIpc) is 2.25. The topological polar surface area (TPSA) is 49.3 Å². The molecular formula is C12H16BrNO2. The molecule has 0 bridgehead atoms. The van der Waals surface area contributed by atoms with Crippen LogP contribution >= 0.6 is 15.9 Å². The number of halogens is 1. The Bertz CT molecular complexity index is 366.